The number of thioether (sulfide) groups is 1. The number of aldehydes is 1. The molecule has 0 heterocycles. The third kappa shape index (κ3) is 4.19. The maximum atomic E-state index is 11.0. The molecule has 0 radical (unpaired) electrons. The van der Waals surface area contributed by atoms with Crippen LogP contribution in [0.1, 0.15) is 26.7 Å². The van der Waals surface area contributed by atoms with Crippen LogP contribution in [-0.2, 0) is 14.3 Å². The number of ether oxygens (including phenoxy) is 1. The molecule has 0 N–H and O–H groups in total. The van der Waals surface area contributed by atoms with Gasteiger partial charge in [0.1, 0.15) is 6.29 Å². The maximum absolute atomic E-state index is 11.0. The first-order valence-corrected chi connectivity index (χ1v) is 6.94. The van der Waals surface area contributed by atoms with Crippen LogP contribution < -0.4 is 0 Å². The first kappa shape index (κ1) is 14.3. The van der Waals surface area contributed by atoms with Gasteiger partial charge in [0.2, 0.25) is 0 Å². The van der Waals surface area contributed by atoms with Gasteiger partial charge >= 0.3 is 5.97 Å². The van der Waals surface area contributed by atoms with E-state index >= 15 is 0 Å². The predicted molar refractivity (Wildman–Crippen MR) is 70.0 cm³/mol. The molecule has 0 aromatic heterocycles. The van der Waals surface area contributed by atoms with E-state index in [2.05, 4.69) is 24.7 Å². The van der Waals surface area contributed by atoms with Crippen LogP contribution in [0.4, 0.5) is 0 Å². The van der Waals surface area contributed by atoms with Gasteiger partial charge in [-0.2, -0.15) is 0 Å². The summed E-state index contributed by atoms with van der Waals surface area (Å²) in [5.74, 6) is 1.48. The molecule has 3 nitrogen and oxygen atoms in total. The van der Waals surface area contributed by atoms with Crippen molar-refractivity contribution in [2.24, 2.45) is 11.3 Å². The molecule has 0 saturated heterocycles. The summed E-state index contributed by atoms with van der Waals surface area (Å²) in [4.78, 5) is 21.6. The topological polar surface area (TPSA) is 43.4 Å². The molecule has 96 valence electrons. The smallest absolute Gasteiger partial charge is 0.315 e. The van der Waals surface area contributed by atoms with Crippen LogP contribution in [0.15, 0.2) is 11.6 Å². The molecular weight excluding hydrogens is 236 g/mol. The van der Waals surface area contributed by atoms with Crippen LogP contribution >= 0.6 is 11.8 Å². The van der Waals surface area contributed by atoms with E-state index in [9.17, 15) is 9.59 Å². The van der Waals surface area contributed by atoms with Gasteiger partial charge in [-0.05, 0) is 17.8 Å². The number of hydrogen-bond donors (Lipinski definition) is 0. The summed E-state index contributed by atoms with van der Waals surface area (Å²) in [6.07, 6.45) is 4.85. The van der Waals surface area contributed by atoms with Crippen molar-refractivity contribution in [3.63, 3.8) is 0 Å². The number of hydrogen-bond acceptors (Lipinski definition) is 4. The van der Waals surface area contributed by atoms with Crippen LogP contribution in [0.5, 0.6) is 0 Å². The second kappa shape index (κ2) is 6.24. The van der Waals surface area contributed by atoms with Gasteiger partial charge in [-0.15, -0.1) is 11.8 Å². The predicted octanol–water partition coefficient (Wildman–Crippen LogP) is 2.45. The second-order valence-electron chi connectivity index (χ2n) is 5.00. The molecular formula is C13H20O3S. The Hall–Kier alpha value is -0.770. The van der Waals surface area contributed by atoms with Gasteiger partial charge in [-0.3, -0.25) is 4.79 Å². The van der Waals surface area contributed by atoms with Gasteiger partial charge in [-0.1, -0.05) is 25.5 Å². The van der Waals surface area contributed by atoms with E-state index in [0.29, 0.717) is 18.1 Å². The van der Waals surface area contributed by atoms with Crippen molar-refractivity contribution >= 4 is 24.0 Å². The fourth-order valence-corrected chi connectivity index (χ4v) is 3.06. The third-order valence-electron chi connectivity index (χ3n) is 3.25. The summed E-state index contributed by atoms with van der Waals surface area (Å²) in [6.45, 7) is 4.33. The van der Waals surface area contributed by atoms with Crippen molar-refractivity contribution in [2.75, 3.05) is 18.6 Å². The zero-order valence-corrected chi connectivity index (χ0v) is 11.5. The molecule has 1 aliphatic rings. The molecule has 0 amide bonds. The van der Waals surface area contributed by atoms with Crippen molar-refractivity contribution in [2.45, 2.75) is 26.7 Å². The highest BCUT2D eigenvalue weighted by Crippen LogP contribution is 2.43. The van der Waals surface area contributed by atoms with Crippen molar-refractivity contribution in [3.05, 3.63) is 11.6 Å². The van der Waals surface area contributed by atoms with E-state index in [1.54, 1.807) is 11.8 Å². The van der Waals surface area contributed by atoms with E-state index in [0.717, 1.165) is 18.5 Å². The molecule has 4 heteroatoms. The number of methoxy groups -OCH3 is 1. The van der Waals surface area contributed by atoms with E-state index in [4.69, 9.17) is 0 Å². The zero-order chi connectivity index (χ0) is 12.9. The van der Waals surface area contributed by atoms with Gasteiger partial charge in [0.25, 0.3) is 0 Å². The van der Waals surface area contributed by atoms with Crippen LogP contribution in [0.3, 0.4) is 0 Å². The molecule has 0 spiro atoms. The van der Waals surface area contributed by atoms with Gasteiger partial charge in [0, 0.05) is 12.2 Å². The molecule has 1 atom stereocenters. The first-order chi connectivity index (χ1) is 7.99. The molecule has 0 unspecified atom stereocenters. The largest absolute Gasteiger partial charge is 0.468 e. The van der Waals surface area contributed by atoms with E-state index < -0.39 is 0 Å². The Balaban J connectivity index is 2.41. The highest BCUT2D eigenvalue weighted by Gasteiger charge is 2.33. The zero-order valence-electron chi connectivity index (χ0n) is 10.7. The van der Waals surface area contributed by atoms with Crippen LogP contribution in [0, 0.1) is 11.3 Å². The van der Waals surface area contributed by atoms with E-state index in [-0.39, 0.29) is 11.4 Å². The number of rotatable bonds is 6. The maximum Gasteiger partial charge on any atom is 0.315 e. The Labute approximate surface area is 107 Å². The molecule has 0 aromatic carbocycles. The number of esters is 1. The minimum Gasteiger partial charge on any atom is -0.468 e. The highest BCUT2D eigenvalue weighted by atomic mass is 32.2. The summed E-state index contributed by atoms with van der Waals surface area (Å²) >= 11 is 1.57. The van der Waals surface area contributed by atoms with Gasteiger partial charge in [0.05, 0.1) is 12.9 Å². The quantitative estimate of drug-likeness (QED) is 0.416. The highest BCUT2D eigenvalue weighted by molar-refractivity contribution is 8.00. The Morgan fingerprint density at radius 3 is 2.94 bits per heavy atom. The normalized spacial score (nSPS) is 22.1. The van der Waals surface area contributed by atoms with Crippen molar-refractivity contribution < 1.29 is 14.3 Å². The van der Waals surface area contributed by atoms with E-state index in [1.807, 2.05) is 0 Å². The van der Waals surface area contributed by atoms with Crippen molar-refractivity contribution in [3.8, 4) is 0 Å². The van der Waals surface area contributed by atoms with Crippen LogP contribution in [-0.4, -0.2) is 30.9 Å². The lowest BCUT2D eigenvalue weighted by atomic mass is 9.80. The summed E-state index contributed by atoms with van der Waals surface area (Å²) in [5.41, 5.74) is 1.44. The molecule has 0 aromatic rings. The van der Waals surface area contributed by atoms with Crippen LogP contribution in [0.25, 0.3) is 0 Å². The van der Waals surface area contributed by atoms with Gasteiger partial charge in [0.15, 0.2) is 0 Å². The molecule has 0 saturated carbocycles. The Bertz CT molecular complexity index is 321. The van der Waals surface area contributed by atoms with Gasteiger partial charge in [-0.25, -0.2) is 0 Å². The molecule has 0 aliphatic heterocycles. The third-order valence-corrected chi connectivity index (χ3v) is 4.27. The first-order valence-electron chi connectivity index (χ1n) is 5.78. The average molecular weight is 256 g/mol. The minimum absolute atomic E-state index is 0.0993. The van der Waals surface area contributed by atoms with E-state index in [1.165, 1.54) is 12.7 Å². The fraction of sp³-hybridized carbons (Fsp3) is 0.692. The Morgan fingerprint density at radius 1 is 1.65 bits per heavy atom. The lowest BCUT2D eigenvalue weighted by Gasteiger charge is -2.23. The molecule has 0 bridgehead atoms. The lowest BCUT2D eigenvalue weighted by molar-refractivity contribution is -0.137. The fourth-order valence-electron chi connectivity index (χ4n) is 2.21. The average Bonchev–Trinajstić information content (AvgIpc) is 2.54. The molecule has 1 aliphatic carbocycles. The number of allylic oxidation sites excluding steroid dienone is 1. The lowest BCUT2D eigenvalue weighted by Crippen LogP contribution is -2.17. The van der Waals surface area contributed by atoms with Crippen molar-refractivity contribution in [1.29, 1.82) is 0 Å². The Kier molecular flexibility index (Phi) is 5.25. The SMILES string of the molecule is COC(=O)CSCC1=CC(C)(C)[C@@H](CC=O)C1. The second-order valence-corrected chi connectivity index (χ2v) is 5.98. The number of carbonyl (C=O) groups is 2. The summed E-state index contributed by atoms with van der Waals surface area (Å²) in [7, 11) is 1.40. The monoisotopic (exact) mass is 256 g/mol. The molecule has 17 heavy (non-hydrogen) atoms. The summed E-state index contributed by atoms with van der Waals surface area (Å²) < 4.78 is 4.59. The number of carbonyl (C=O) groups excluding carboxylic acids is 2. The van der Waals surface area contributed by atoms with Crippen molar-refractivity contribution in [1.82, 2.24) is 0 Å². The summed E-state index contributed by atoms with van der Waals surface area (Å²) in [5, 5.41) is 0. The molecule has 0 fully saturated rings. The Morgan fingerprint density at radius 2 is 2.35 bits per heavy atom. The van der Waals surface area contributed by atoms with Gasteiger partial charge < -0.3 is 9.53 Å². The summed E-state index contributed by atoms with van der Waals surface area (Å²) in [6, 6.07) is 0. The standard InChI is InChI=1S/C13H20O3S/c1-13(2)7-10(6-11(13)4-5-14)8-17-9-12(15)16-3/h5,7,11H,4,6,8-9H2,1-3H3/t11-/m0/s1. The van der Waals surface area contributed by atoms with Crippen LogP contribution in [0.2, 0.25) is 0 Å². The molecule has 1 rings (SSSR count). The minimum atomic E-state index is -0.183.